The first-order valence-corrected chi connectivity index (χ1v) is 5.68. The van der Waals surface area contributed by atoms with Crippen molar-refractivity contribution in [2.24, 2.45) is 17.8 Å². The molecule has 3 atom stereocenters. The fourth-order valence-electron chi connectivity index (χ4n) is 2.46. The van der Waals surface area contributed by atoms with Gasteiger partial charge >= 0.3 is 5.97 Å². The molecule has 0 aromatic heterocycles. The Morgan fingerprint density at radius 2 is 2.00 bits per heavy atom. The average Bonchev–Trinajstić information content (AvgIpc) is 2.01. The van der Waals surface area contributed by atoms with Crippen molar-refractivity contribution in [2.45, 2.75) is 53.1 Å². The monoisotopic (exact) mass is 198 g/mol. The zero-order chi connectivity index (χ0) is 10.7. The molecule has 0 saturated heterocycles. The summed E-state index contributed by atoms with van der Waals surface area (Å²) in [7, 11) is 0. The van der Waals surface area contributed by atoms with Gasteiger partial charge in [-0.05, 0) is 30.6 Å². The highest BCUT2D eigenvalue weighted by Crippen LogP contribution is 2.35. The summed E-state index contributed by atoms with van der Waals surface area (Å²) >= 11 is 0. The minimum Gasteiger partial charge on any atom is -0.462 e. The number of esters is 1. The summed E-state index contributed by atoms with van der Waals surface area (Å²) in [6, 6.07) is 0. The van der Waals surface area contributed by atoms with E-state index in [0.717, 1.165) is 6.42 Å². The van der Waals surface area contributed by atoms with E-state index in [2.05, 4.69) is 20.8 Å². The highest BCUT2D eigenvalue weighted by atomic mass is 16.5. The Kier molecular flexibility index (Phi) is 3.97. The predicted molar refractivity (Wildman–Crippen MR) is 56.9 cm³/mol. The van der Waals surface area contributed by atoms with Crippen molar-refractivity contribution in [1.29, 1.82) is 0 Å². The van der Waals surface area contributed by atoms with Crippen LogP contribution >= 0.6 is 0 Å². The lowest BCUT2D eigenvalue weighted by Gasteiger charge is -2.36. The van der Waals surface area contributed by atoms with Crippen LogP contribution in [0.25, 0.3) is 0 Å². The Bertz CT molecular complexity index is 198. The van der Waals surface area contributed by atoms with Crippen LogP contribution in [0.3, 0.4) is 0 Å². The zero-order valence-electron chi connectivity index (χ0n) is 9.75. The summed E-state index contributed by atoms with van der Waals surface area (Å²) < 4.78 is 5.40. The Morgan fingerprint density at radius 1 is 1.36 bits per heavy atom. The zero-order valence-corrected chi connectivity index (χ0v) is 9.75. The first-order valence-electron chi connectivity index (χ1n) is 5.68. The fraction of sp³-hybridized carbons (Fsp3) is 0.917. The lowest BCUT2D eigenvalue weighted by molar-refractivity contribution is -0.153. The van der Waals surface area contributed by atoms with E-state index >= 15 is 0 Å². The molecule has 0 spiro atoms. The van der Waals surface area contributed by atoms with Crippen molar-refractivity contribution in [2.75, 3.05) is 0 Å². The van der Waals surface area contributed by atoms with Crippen LogP contribution in [-0.4, -0.2) is 12.1 Å². The van der Waals surface area contributed by atoms with Crippen molar-refractivity contribution in [3.8, 4) is 0 Å². The van der Waals surface area contributed by atoms with Crippen LogP contribution in [0.1, 0.15) is 47.0 Å². The maximum Gasteiger partial charge on any atom is 0.302 e. The van der Waals surface area contributed by atoms with E-state index in [-0.39, 0.29) is 12.1 Å². The van der Waals surface area contributed by atoms with Crippen molar-refractivity contribution in [1.82, 2.24) is 0 Å². The molecule has 1 aliphatic rings. The molecule has 0 aromatic carbocycles. The highest BCUT2D eigenvalue weighted by Gasteiger charge is 2.32. The van der Waals surface area contributed by atoms with Gasteiger partial charge in [-0.2, -0.15) is 0 Å². The van der Waals surface area contributed by atoms with Gasteiger partial charge in [-0.1, -0.05) is 27.2 Å². The van der Waals surface area contributed by atoms with E-state index in [4.69, 9.17) is 4.74 Å². The molecule has 1 aliphatic carbocycles. The minimum absolute atomic E-state index is 0.130. The van der Waals surface area contributed by atoms with Gasteiger partial charge in [-0.3, -0.25) is 4.79 Å². The lowest BCUT2D eigenvalue weighted by atomic mass is 9.75. The SMILES string of the molecule is CC(=O)OC1C[C@@H](C)CCC1C(C)C. The van der Waals surface area contributed by atoms with Gasteiger partial charge in [0, 0.05) is 6.92 Å². The number of carbonyl (C=O) groups is 1. The molecule has 2 heteroatoms. The second-order valence-electron chi connectivity index (χ2n) is 4.97. The lowest BCUT2D eigenvalue weighted by Crippen LogP contribution is -2.35. The van der Waals surface area contributed by atoms with E-state index in [1.807, 2.05) is 0 Å². The van der Waals surface area contributed by atoms with Gasteiger partial charge in [-0.25, -0.2) is 0 Å². The molecule has 0 aliphatic heterocycles. The molecule has 14 heavy (non-hydrogen) atoms. The summed E-state index contributed by atoms with van der Waals surface area (Å²) in [5.74, 6) is 1.76. The fourth-order valence-corrected chi connectivity index (χ4v) is 2.46. The summed E-state index contributed by atoms with van der Waals surface area (Å²) in [4.78, 5) is 11.0. The number of rotatable bonds is 2. The van der Waals surface area contributed by atoms with E-state index in [9.17, 15) is 4.79 Å². The third-order valence-electron chi connectivity index (χ3n) is 3.28. The summed E-state index contributed by atoms with van der Waals surface area (Å²) in [6.07, 6.45) is 3.69. The third-order valence-corrected chi connectivity index (χ3v) is 3.28. The predicted octanol–water partition coefficient (Wildman–Crippen LogP) is 3.01. The second kappa shape index (κ2) is 4.81. The van der Waals surface area contributed by atoms with Gasteiger partial charge in [0.25, 0.3) is 0 Å². The molecule has 0 radical (unpaired) electrons. The summed E-state index contributed by atoms with van der Waals surface area (Å²) in [5, 5.41) is 0. The first kappa shape index (κ1) is 11.5. The van der Waals surface area contributed by atoms with Gasteiger partial charge < -0.3 is 4.74 Å². The molecule has 82 valence electrons. The average molecular weight is 198 g/mol. The molecule has 0 bridgehead atoms. The van der Waals surface area contributed by atoms with Crippen LogP contribution in [0.2, 0.25) is 0 Å². The molecule has 2 unspecified atom stereocenters. The van der Waals surface area contributed by atoms with Gasteiger partial charge in [0.1, 0.15) is 6.10 Å². The van der Waals surface area contributed by atoms with Crippen LogP contribution in [0, 0.1) is 17.8 Å². The van der Waals surface area contributed by atoms with Crippen molar-refractivity contribution in [3.05, 3.63) is 0 Å². The van der Waals surface area contributed by atoms with E-state index < -0.39 is 0 Å². The second-order valence-corrected chi connectivity index (χ2v) is 4.97. The van der Waals surface area contributed by atoms with Crippen molar-refractivity contribution >= 4 is 5.97 Å². The van der Waals surface area contributed by atoms with Gasteiger partial charge in [-0.15, -0.1) is 0 Å². The molecule has 1 fully saturated rings. The summed E-state index contributed by atoms with van der Waals surface area (Å²) in [5.41, 5.74) is 0. The molecule has 2 nitrogen and oxygen atoms in total. The number of ether oxygens (including phenoxy) is 1. The largest absolute Gasteiger partial charge is 0.462 e. The molecule has 0 N–H and O–H groups in total. The molecule has 0 aromatic rings. The Morgan fingerprint density at radius 3 is 2.50 bits per heavy atom. The van der Waals surface area contributed by atoms with E-state index in [1.54, 1.807) is 0 Å². The topological polar surface area (TPSA) is 26.3 Å². The highest BCUT2D eigenvalue weighted by molar-refractivity contribution is 5.66. The Balaban J connectivity index is 2.58. The quantitative estimate of drug-likeness (QED) is 0.637. The number of hydrogen-bond donors (Lipinski definition) is 0. The molecule has 0 amide bonds. The van der Waals surface area contributed by atoms with Crippen molar-refractivity contribution in [3.63, 3.8) is 0 Å². The smallest absolute Gasteiger partial charge is 0.302 e. The normalized spacial score (nSPS) is 33.1. The maximum absolute atomic E-state index is 11.0. The van der Waals surface area contributed by atoms with Crippen LogP contribution in [0.15, 0.2) is 0 Å². The van der Waals surface area contributed by atoms with Crippen LogP contribution in [-0.2, 0) is 9.53 Å². The molecule has 1 saturated carbocycles. The maximum atomic E-state index is 11.0. The van der Waals surface area contributed by atoms with E-state index in [0.29, 0.717) is 17.8 Å². The van der Waals surface area contributed by atoms with Crippen LogP contribution in [0.5, 0.6) is 0 Å². The van der Waals surface area contributed by atoms with Crippen molar-refractivity contribution < 1.29 is 9.53 Å². The Hall–Kier alpha value is -0.530. The standard InChI is InChI=1S/C12H22O2/c1-8(2)11-6-5-9(3)7-12(11)14-10(4)13/h8-9,11-12H,5-7H2,1-4H3/t9-,11?,12?/m0/s1. The van der Waals surface area contributed by atoms with Gasteiger partial charge in [0.15, 0.2) is 0 Å². The number of carbonyl (C=O) groups excluding carboxylic acids is 1. The first-order chi connectivity index (χ1) is 6.50. The molecular weight excluding hydrogens is 176 g/mol. The summed E-state index contributed by atoms with van der Waals surface area (Å²) in [6.45, 7) is 8.19. The molecule has 0 heterocycles. The third kappa shape index (κ3) is 3.00. The molecular formula is C12H22O2. The Labute approximate surface area is 87.0 Å². The molecule has 1 rings (SSSR count). The number of hydrogen-bond acceptors (Lipinski definition) is 2. The van der Waals surface area contributed by atoms with Crippen LogP contribution in [0.4, 0.5) is 0 Å². The minimum atomic E-state index is -0.130. The van der Waals surface area contributed by atoms with E-state index in [1.165, 1.54) is 19.8 Å². The van der Waals surface area contributed by atoms with Crippen LogP contribution < -0.4 is 0 Å². The van der Waals surface area contributed by atoms with Gasteiger partial charge in [0.2, 0.25) is 0 Å². The van der Waals surface area contributed by atoms with Gasteiger partial charge in [0.05, 0.1) is 0 Å².